The molecule has 6 heteroatoms. The van der Waals surface area contributed by atoms with Crippen LogP contribution in [0.2, 0.25) is 5.02 Å². The van der Waals surface area contributed by atoms with Gasteiger partial charge in [-0.2, -0.15) is 5.10 Å². The standard InChI is InChI=1S/C22H17ClN4O/c23-18-6-7-20-19(11-18)22(28)27-9-8-17(21(27)25-20)10-16-12-24-26(14-16)13-15-4-2-1-3-5-15/h1-7,10-12,14H,8-9,13H2/b17-10-. The highest BCUT2D eigenvalue weighted by atomic mass is 35.5. The first-order chi connectivity index (χ1) is 13.7. The van der Waals surface area contributed by atoms with Crippen molar-refractivity contribution < 1.29 is 0 Å². The lowest BCUT2D eigenvalue weighted by molar-refractivity contribution is 0.687. The number of nitrogens with zero attached hydrogens (tertiary/aromatic N) is 4. The monoisotopic (exact) mass is 388 g/mol. The third kappa shape index (κ3) is 3.04. The van der Waals surface area contributed by atoms with Crippen molar-refractivity contribution in [2.24, 2.45) is 0 Å². The Bertz CT molecular complexity index is 1270. The average Bonchev–Trinajstić information content (AvgIpc) is 3.31. The molecule has 0 N–H and O–H groups in total. The highest BCUT2D eigenvalue weighted by Crippen LogP contribution is 2.28. The van der Waals surface area contributed by atoms with Crippen LogP contribution in [0, 0.1) is 0 Å². The molecule has 0 saturated heterocycles. The number of halogens is 1. The minimum absolute atomic E-state index is 0.0364. The van der Waals surface area contributed by atoms with E-state index in [1.54, 1.807) is 22.8 Å². The Morgan fingerprint density at radius 1 is 1.14 bits per heavy atom. The Balaban J connectivity index is 1.49. The van der Waals surface area contributed by atoms with Gasteiger partial charge in [-0.25, -0.2) is 4.98 Å². The zero-order valence-corrected chi connectivity index (χ0v) is 15.8. The summed E-state index contributed by atoms with van der Waals surface area (Å²) in [5.41, 5.74) is 3.89. The van der Waals surface area contributed by atoms with Gasteiger partial charge in [0, 0.05) is 23.3 Å². The van der Waals surface area contributed by atoms with Crippen LogP contribution in [0.4, 0.5) is 0 Å². The van der Waals surface area contributed by atoms with Gasteiger partial charge in [0.1, 0.15) is 5.82 Å². The fraction of sp³-hybridized carbons (Fsp3) is 0.136. The lowest BCUT2D eigenvalue weighted by atomic mass is 10.1. The molecule has 3 heterocycles. The minimum Gasteiger partial charge on any atom is -0.292 e. The second-order valence-corrected chi connectivity index (χ2v) is 7.37. The molecule has 2 aromatic carbocycles. The molecule has 0 fully saturated rings. The summed E-state index contributed by atoms with van der Waals surface area (Å²) in [6.45, 7) is 1.36. The van der Waals surface area contributed by atoms with Crippen molar-refractivity contribution in [3.05, 3.63) is 93.3 Å². The van der Waals surface area contributed by atoms with Crippen molar-refractivity contribution in [1.29, 1.82) is 0 Å². The van der Waals surface area contributed by atoms with E-state index in [2.05, 4.69) is 23.3 Å². The van der Waals surface area contributed by atoms with Gasteiger partial charge in [0.2, 0.25) is 0 Å². The number of benzene rings is 2. The lowest BCUT2D eigenvalue weighted by Gasteiger charge is -2.05. The van der Waals surface area contributed by atoms with Gasteiger partial charge in [-0.3, -0.25) is 14.0 Å². The topological polar surface area (TPSA) is 52.7 Å². The molecule has 0 bridgehead atoms. The first kappa shape index (κ1) is 17.0. The molecule has 1 aliphatic rings. The van der Waals surface area contributed by atoms with E-state index in [1.807, 2.05) is 35.3 Å². The Kier molecular flexibility index (Phi) is 4.10. The quantitative estimate of drug-likeness (QED) is 0.527. The SMILES string of the molecule is O=c1c2cc(Cl)ccc2nc2n1CC/C2=C/c1cnn(Cc2ccccc2)c1. The molecule has 5 nitrogen and oxygen atoms in total. The molecular weight excluding hydrogens is 372 g/mol. The Morgan fingerprint density at radius 2 is 2.00 bits per heavy atom. The second kappa shape index (κ2) is 6.77. The molecule has 28 heavy (non-hydrogen) atoms. The van der Waals surface area contributed by atoms with Gasteiger partial charge in [0.25, 0.3) is 5.56 Å². The number of aromatic nitrogens is 4. The summed E-state index contributed by atoms with van der Waals surface area (Å²) in [7, 11) is 0. The van der Waals surface area contributed by atoms with Crippen LogP contribution in [0.15, 0.2) is 65.7 Å². The summed E-state index contributed by atoms with van der Waals surface area (Å²) in [5, 5.41) is 5.57. The normalized spacial score (nSPS) is 14.7. The highest BCUT2D eigenvalue weighted by Gasteiger charge is 2.21. The summed E-state index contributed by atoms with van der Waals surface area (Å²) in [6.07, 6.45) is 6.71. The van der Waals surface area contributed by atoms with Crippen LogP contribution in [0.25, 0.3) is 22.6 Å². The highest BCUT2D eigenvalue weighted by molar-refractivity contribution is 6.31. The Morgan fingerprint density at radius 3 is 2.86 bits per heavy atom. The number of rotatable bonds is 3. The average molecular weight is 389 g/mol. The molecule has 1 aliphatic heterocycles. The van der Waals surface area contributed by atoms with Crippen molar-refractivity contribution in [3.63, 3.8) is 0 Å². The van der Waals surface area contributed by atoms with Crippen LogP contribution in [0.1, 0.15) is 23.4 Å². The van der Waals surface area contributed by atoms with Gasteiger partial charge < -0.3 is 0 Å². The molecule has 5 rings (SSSR count). The fourth-order valence-corrected chi connectivity index (χ4v) is 3.81. The largest absolute Gasteiger partial charge is 0.292 e. The van der Waals surface area contributed by atoms with E-state index in [0.717, 1.165) is 29.9 Å². The summed E-state index contributed by atoms with van der Waals surface area (Å²) in [5.74, 6) is 0.732. The van der Waals surface area contributed by atoms with Crippen molar-refractivity contribution in [2.75, 3.05) is 0 Å². The summed E-state index contributed by atoms with van der Waals surface area (Å²) in [6, 6.07) is 15.5. The van der Waals surface area contributed by atoms with Crippen LogP contribution in [-0.4, -0.2) is 19.3 Å². The van der Waals surface area contributed by atoms with Crippen LogP contribution in [-0.2, 0) is 13.1 Å². The van der Waals surface area contributed by atoms with E-state index < -0.39 is 0 Å². The van der Waals surface area contributed by atoms with Gasteiger partial charge in [-0.1, -0.05) is 41.9 Å². The molecule has 0 spiro atoms. The third-order valence-corrected chi connectivity index (χ3v) is 5.22. The third-order valence-electron chi connectivity index (χ3n) is 4.99. The van der Waals surface area contributed by atoms with Gasteiger partial charge >= 0.3 is 0 Å². The molecule has 0 atom stereocenters. The van der Waals surface area contributed by atoms with Gasteiger partial charge in [0.05, 0.1) is 23.6 Å². The van der Waals surface area contributed by atoms with Crippen LogP contribution in [0.3, 0.4) is 0 Å². The van der Waals surface area contributed by atoms with Crippen LogP contribution < -0.4 is 5.56 Å². The maximum atomic E-state index is 12.8. The number of allylic oxidation sites excluding steroid dienone is 1. The van der Waals surface area contributed by atoms with E-state index in [4.69, 9.17) is 16.6 Å². The van der Waals surface area contributed by atoms with E-state index >= 15 is 0 Å². The summed E-state index contributed by atoms with van der Waals surface area (Å²) < 4.78 is 3.65. The van der Waals surface area contributed by atoms with E-state index in [0.29, 0.717) is 22.5 Å². The molecule has 138 valence electrons. The fourth-order valence-electron chi connectivity index (χ4n) is 3.64. The zero-order valence-electron chi connectivity index (χ0n) is 15.0. The molecule has 2 aromatic heterocycles. The molecule has 0 aliphatic carbocycles. The predicted molar refractivity (Wildman–Crippen MR) is 111 cm³/mol. The second-order valence-electron chi connectivity index (χ2n) is 6.93. The number of hydrogen-bond acceptors (Lipinski definition) is 3. The smallest absolute Gasteiger partial charge is 0.261 e. The van der Waals surface area contributed by atoms with Gasteiger partial charge in [0.15, 0.2) is 0 Å². The number of hydrogen-bond donors (Lipinski definition) is 0. The Hall–Kier alpha value is -3.18. The van der Waals surface area contributed by atoms with E-state index in [-0.39, 0.29) is 5.56 Å². The van der Waals surface area contributed by atoms with Crippen molar-refractivity contribution in [2.45, 2.75) is 19.5 Å². The van der Waals surface area contributed by atoms with Gasteiger partial charge in [-0.05, 0) is 41.8 Å². The first-order valence-corrected chi connectivity index (χ1v) is 9.52. The lowest BCUT2D eigenvalue weighted by Crippen LogP contribution is -2.20. The maximum absolute atomic E-state index is 12.8. The summed E-state index contributed by atoms with van der Waals surface area (Å²) >= 11 is 6.04. The summed E-state index contributed by atoms with van der Waals surface area (Å²) in [4.78, 5) is 17.5. The van der Waals surface area contributed by atoms with Crippen LogP contribution >= 0.6 is 11.6 Å². The molecular formula is C22H17ClN4O. The van der Waals surface area contributed by atoms with Crippen molar-refractivity contribution >= 4 is 34.2 Å². The molecule has 4 aromatic rings. The first-order valence-electron chi connectivity index (χ1n) is 9.15. The van der Waals surface area contributed by atoms with Gasteiger partial charge in [-0.15, -0.1) is 0 Å². The molecule has 0 amide bonds. The van der Waals surface area contributed by atoms with Crippen molar-refractivity contribution in [1.82, 2.24) is 19.3 Å². The Labute approximate surface area is 166 Å². The van der Waals surface area contributed by atoms with Crippen molar-refractivity contribution in [3.8, 4) is 0 Å². The molecule has 0 saturated carbocycles. The molecule has 0 radical (unpaired) electrons. The number of fused-ring (bicyclic) bond motifs is 2. The molecule has 0 unspecified atom stereocenters. The zero-order chi connectivity index (χ0) is 19.1. The van der Waals surface area contributed by atoms with E-state index in [9.17, 15) is 4.79 Å². The predicted octanol–water partition coefficient (Wildman–Crippen LogP) is 4.24. The van der Waals surface area contributed by atoms with E-state index in [1.165, 1.54) is 5.56 Å². The maximum Gasteiger partial charge on any atom is 0.261 e. The van der Waals surface area contributed by atoms with Crippen LogP contribution in [0.5, 0.6) is 0 Å². The minimum atomic E-state index is -0.0364.